The number of hydrogen-bond donors (Lipinski definition) is 2. The molecule has 0 heterocycles. The summed E-state index contributed by atoms with van der Waals surface area (Å²) in [7, 11) is -2.07. The third-order valence-corrected chi connectivity index (χ3v) is 11.2. The van der Waals surface area contributed by atoms with Crippen LogP contribution >= 0.6 is 7.26 Å². The van der Waals surface area contributed by atoms with Crippen LogP contribution in [0.1, 0.15) is 36.1 Å². The van der Waals surface area contributed by atoms with Gasteiger partial charge in [0.2, 0.25) is 0 Å². The Bertz CT molecular complexity index is 778. The van der Waals surface area contributed by atoms with Gasteiger partial charge in [0.05, 0.1) is 0 Å². The fourth-order valence-corrected chi connectivity index (χ4v) is 7.05. The van der Waals surface area contributed by atoms with Crippen molar-refractivity contribution >= 4 is 30.5 Å². The van der Waals surface area contributed by atoms with Gasteiger partial charge in [-0.05, 0) is 0 Å². The van der Waals surface area contributed by atoms with E-state index < -0.39 is 7.26 Å². The average Bonchev–Trinajstić information content (AvgIpc) is 2.67. The number of carbonyl (C=O) groups is 2. The van der Waals surface area contributed by atoms with Crippen molar-refractivity contribution in [2.24, 2.45) is 0 Å². The van der Waals surface area contributed by atoms with E-state index in [4.69, 9.17) is 0 Å². The Balaban J connectivity index is 2.12. The normalized spacial score (nSPS) is 11.8. The van der Waals surface area contributed by atoms with Gasteiger partial charge in [-0.1, -0.05) is 0 Å². The molecule has 4 nitrogen and oxygen atoms in total. The van der Waals surface area contributed by atoms with E-state index in [1.165, 1.54) is 0 Å². The molecule has 0 unspecified atom stereocenters. The molecular weight excluding hydrogens is 379 g/mol. The van der Waals surface area contributed by atoms with Gasteiger partial charge in [0.1, 0.15) is 0 Å². The second-order valence-electron chi connectivity index (χ2n) is 8.19. The first kappa shape index (κ1) is 23.1. The number of aryl methyl sites for hydroxylation is 4. The van der Waals surface area contributed by atoms with Gasteiger partial charge in [0.25, 0.3) is 0 Å². The van der Waals surface area contributed by atoms with E-state index in [9.17, 15) is 9.59 Å². The molecule has 2 aromatic rings. The maximum absolute atomic E-state index is 12.9. The fraction of sp³-hybridized carbons (Fsp3) is 0.417. The second kappa shape index (κ2) is 10.0. The van der Waals surface area contributed by atoms with Crippen molar-refractivity contribution in [3.63, 3.8) is 0 Å². The summed E-state index contributed by atoms with van der Waals surface area (Å²) in [6.45, 7) is 12.3. The average molecular weight is 415 g/mol. The molecule has 0 saturated carbocycles. The van der Waals surface area contributed by atoms with E-state index in [0.29, 0.717) is 12.3 Å². The van der Waals surface area contributed by atoms with Crippen molar-refractivity contribution < 1.29 is 9.59 Å². The summed E-state index contributed by atoms with van der Waals surface area (Å²) in [5, 5.41) is 6.22. The number of anilines is 2. The third kappa shape index (κ3) is 5.90. The van der Waals surface area contributed by atoms with Crippen LogP contribution in [0.5, 0.6) is 0 Å². The van der Waals surface area contributed by atoms with Gasteiger partial charge in [-0.25, -0.2) is 0 Å². The number of hydrogen-bond acceptors (Lipinski definition) is 2. The van der Waals surface area contributed by atoms with Gasteiger partial charge in [-0.2, -0.15) is 0 Å². The van der Waals surface area contributed by atoms with E-state index in [1.807, 2.05) is 64.1 Å². The van der Waals surface area contributed by atoms with E-state index in [2.05, 4.69) is 24.5 Å². The first-order valence-corrected chi connectivity index (χ1v) is 13.3. The number of para-hydroxylation sites is 2. The van der Waals surface area contributed by atoms with Crippen molar-refractivity contribution in [3.05, 3.63) is 58.7 Å². The molecule has 0 bridgehead atoms. The zero-order chi connectivity index (χ0) is 21.6. The number of benzene rings is 2. The van der Waals surface area contributed by atoms with Gasteiger partial charge in [0.15, 0.2) is 0 Å². The summed E-state index contributed by atoms with van der Waals surface area (Å²) >= 11 is 0. The van der Waals surface area contributed by atoms with Crippen LogP contribution in [0.25, 0.3) is 0 Å². The Morgan fingerprint density at radius 1 is 0.690 bits per heavy atom. The molecule has 0 atom stereocenters. The summed E-state index contributed by atoms with van der Waals surface area (Å²) in [6.07, 6.45) is 2.75. The summed E-state index contributed by atoms with van der Waals surface area (Å²) in [5.74, 6) is 0.0512. The second-order valence-corrected chi connectivity index (χ2v) is 13.3. The van der Waals surface area contributed by atoms with E-state index >= 15 is 0 Å². The van der Waals surface area contributed by atoms with Crippen LogP contribution in [0, 0.1) is 27.7 Å². The molecule has 0 aliphatic carbocycles. The first-order chi connectivity index (χ1) is 13.7. The molecule has 2 N–H and O–H groups in total. The predicted octanol–water partition coefficient (Wildman–Crippen LogP) is 5.29. The Kier molecular flexibility index (Phi) is 7.98. The van der Waals surface area contributed by atoms with Crippen LogP contribution < -0.4 is 10.6 Å². The molecule has 0 saturated heterocycles. The van der Waals surface area contributed by atoms with Crippen molar-refractivity contribution in [3.8, 4) is 0 Å². The molecular formula is C24H35N2O2P. The molecule has 158 valence electrons. The van der Waals surface area contributed by atoms with Crippen LogP contribution in [0.15, 0.2) is 36.4 Å². The number of rotatable bonds is 8. The van der Waals surface area contributed by atoms with Gasteiger partial charge >= 0.3 is 176 Å². The fourth-order valence-electron chi connectivity index (χ4n) is 3.88. The zero-order valence-electron chi connectivity index (χ0n) is 18.6. The zero-order valence-corrected chi connectivity index (χ0v) is 19.6. The Morgan fingerprint density at radius 2 is 1.00 bits per heavy atom. The van der Waals surface area contributed by atoms with Crippen LogP contribution in [-0.4, -0.2) is 36.5 Å². The summed E-state index contributed by atoms with van der Waals surface area (Å²) in [6, 6.07) is 12.0. The van der Waals surface area contributed by atoms with Gasteiger partial charge < -0.3 is 0 Å². The SMILES string of the molecule is CC[PH](CC)(CC(=O)Nc1c(C)cccc1C)CC(=O)Nc1c(C)cccc1C. The predicted molar refractivity (Wildman–Crippen MR) is 128 cm³/mol. The Morgan fingerprint density at radius 3 is 1.28 bits per heavy atom. The monoisotopic (exact) mass is 414 g/mol. The minimum absolute atomic E-state index is 0.0256. The Hall–Kier alpha value is -2.19. The number of nitrogens with one attached hydrogen (secondary N) is 2. The van der Waals surface area contributed by atoms with Crippen molar-refractivity contribution in [1.29, 1.82) is 0 Å². The van der Waals surface area contributed by atoms with Crippen LogP contribution in [-0.2, 0) is 9.59 Å². The number of carbonyl (C=O) groups excluding carboxylic acids is 2. The molecule has 2 amide bonds. The van der Waals surface area contributed by atoms with Crippen LogP contribution in [0.2, 0.25) is 0 Å². The first-order valence-electron chi connectivity index (χ1n) is 10.4. The van der Waals surface area contributed by atoms with Crippen molar-refractivity contribution in [2.45, 2.75) is 41.5 Å². The summed E-state index contributed by atoms with van der Waals surface area (Å²) < 4.78 is 0. The van der Waals surface area contributed by atoms with Crippen molar-refractivity contribution in [1.82, 2.24) is 0 Å². The summed E-state index contributed by atoms with van der Waals surface area (Å²) in [5.41, 5.74) is 6.04. The molecule has 2 rings (SSSR count). The van der Waals surface area contributed by atoms with Gasteiger partial charge in [-0.3, -0.25) is 0 Å². The van der Waals surface area contributed by atoms with Crippen molar-refractivity contribution in [2.75, 3.05) is 35.3 Å². The molecule has 0 aromatic heterocycles. The third-order valence-electron chi connectivity index (χ3n) is 6.06. The summed E-state index contributed by atoms with van der Waals surface area (Å²) in [4.78, 5) is 25.8. The topological polar surface area (TPSA) is 58.2 Å². The van der Waals surface area contributed by atoms with Gasteiger partial charge in [-0.15, -0.1) is 0 Å². The molecule has 2 aromatic carbocycles. The molecule has 0 spiro atoms. The maximum atomic E-state index is 12.9. The molecule has 0 fully saturated rings. The minimum atomic E-state index is -2.07. The molecule has 0 radical (unpaired) electrons. The van der Waals surface area contributed by atoms with E-state index in [-0.39, 0.29) is 11.8 Å². The van der Waals surface area contributed by atoms with E-state index in [0.717, 1.165) is 46.0 Å². The van der Waals surface area contributed by atoms with Crippen LogP contribution in [0.4, 0.5) is 11.4 Å². The van der Waals surface area contributed by atoms with Crippen LogP contribution in [0.3, 0.4) is 0 Å². The molecule has 0 aliphatic heterocycles. The van der Waals surface area contributed by atoms with Gasteiger partial charge in [0, 0.05) is 0 Å². The Labute approximate surface area is 175 Å². The standard InChI is InChI=1S/C24H35N2O2P/c1-7-29(8-2,15-21(27)25-23-17(3)11-9-12-18(23)4)16-22(28)26-24-19(5)13-10-14-20(24)6/h9-14,29H,7-8,15-16H2,1-6H3,(H,25,27)(H,26,28). The van der Waals surface area contributed by atoms with E-state index in [1.54, 1.807) is 0 Å². The molecule has 29 heavy (non-hydrogen) atoms. The quantitative estimate of drug-likeness (QED) is 0.577. The number of amides is 2. The molecule has 0 aliphatic rings. The molecule has 5 heteroatoms.